The molecule has 1 heterocycles. The maximum Gasteiger partial charge on any atom is 0.451 e. The monoisotopic (exact) mass is 265 g/mol. The second-order valence-corrected chi connectivity index (χ2v) is 4.41. The summed E-state index contributed by atoms with van der Waals surface area (Å²) < 4.78 is 34.1. The molecule has 0 aliphatic heterocycles. The minimum absolute atomic E-state index is 0.565. The molecular weight excluding hydrogens is 265 g/mol. The van der Waals surface area contributed by atoms with Crippen molar-refractivity contribution in [1.82, 2.24) is 15.0 Å². The van der Waals surface area contributed by atoms with Gasteiger partial charge in [0.15, 0.2) is 5.82 Å². The Morgan fingerprint density at radius 1 is 1.00 bits per heavy atom. The second-order valence-electron chi connectivity index (χ2n) is 2.13. The Morgan fingerprint density at radius 3 is 1.93 bits per heavy atom. The fraction of sp³-hybridized carbons (Fsp3) is 0.400. The third-order valence-electron chi connectivity index (χ3n) is 1.08. The summed E-state index contributed by atoms with van der Waals surface area (Å²) in [6.07, 6.45) is -4.05. The highest BCUT2D eigenvalue weighted by atomic mass is 35.6. The van der Waals surface area contributed by atoms with E-state index >= 15 is 0 Å². The van der Waals surface area contributed by atoms with Gasteiger partial charge < -0.3 is 0 Å². The quantitative estimate of drug-likeness (QED) is 0.678. The first-order valence-electron chi connectivity index (χ1n) is 3.04. The predicted octanol–water partition coefficient (Wildman–Crippen LogP) is 2.72. The maximum atomic E-state index is 12.1. The minimum atomic E-state index is -4.69. The summed E-state index contributed by atoms with van der Waals surface area (Å²) >= 11 is 15.9. The van der Waals surface area contributed by atoms with Crippen LogP contribution in [0.25, 0.3) is 0 Å². The van der Waals surface area contributed by atoms with Crippen LogP contribution in [0.5, 0.6) is 0 Å². The average Bonchev–Trinajstić information content (AvgIpc) is 2.01. The molecule has 0 spiro atoms. The zero-order chi connectivity index (χ0) is 11.0. The predicted molar refractivity (Wildman–Crippen MR) is 44.1 cm³/mol. The third kappa shape index (κ3) is 2.83. The van der Waals surface area contributed by atoms with Gasteiger partial charge in [-0.15, -0.1) is 0 Å². The summed E-state index contributed by atoms with van der Waals surface area (Å²) in [6, 6.07) is 0. The lowest BCUT2D eigenvalue weighted by Gasteiger charge is -2.10. The molecule has 3 nitrogen and oxygen atoms in total. The first-order valence-corrected chi connectivity index (χ1v) is 4.18. The highest BCUT2D eigenvalue weighted by Crippen LogP contribution is 2.36. The van der Waals surface area contributed by atoms with E-state index in [1.807, 2.05) is 0 Å². The standard InChI is InChI=1S/C5HCl3F3N3/c6-4(7,8)2-12-1-13-3(14-2)5(9,10)11/h1H. The van der Waals surface area contributed by atoms with Crippen LogP contribution in [0.2, 0.25) is 0 Å². The van der Waals surface area contributed by atoms with Crippen molar-refractivity contribution >= 4 is 34.8 Å². The van der Waals surface area contributed by atoms with Gasteiger partial charge in [0.1, 0.15) is 6.33 Å². The number of alkyl halides is 6. The third-order valence-corrected chi connectivity index (χ3v) is 1.59. The molecule has 14 heavy (non-hydrogen) atoms. The van der Waals surface area contributed by atoms with Gasteiger partial charge in [-0.2, -0.15) is 13.2 Å². The molecule has 1 rings (SSSR count). The maximum absolute atomic E-state index is 12.1. The fourth-order valence-corrected chi connectivity index (χ4v) is 0.843. The van der Waals surface area contributed by atoms with Crippen LogP contribution in [0.4, 0.5) is 13.2 Å². The first-order chi connectivity index (χ1) is 6.21. The van der Waals surface area contributed by atoms with Gasteiger partial charge in [-0.1, -0.05) is 34.8 Å². The summed E-state index contributed by atoms with van der Waals surface area (Å²) in [5.74, 6) is -1.96. The lowest BCUT2D eigenvalue weighted by molar-refractivity contribution is -0.145. The van der Waals surface area contributed by atoms with Gasteiger partial charge in [0.25, 0.3) is 0 Å². The van der Waals surface area contributed by atoms with Crippen molar-refractivity contribution in [2.75, 3.05) is 0 Å². The van der Waals surface area contributed by atoms with E-state index < -0.39 is 21.6 Å². The molecule has 9 heteroatoms. The Kier molecular flexibility index (Phi) is 3.08. The molecule has 0 saturated heterocycles. The largest absolute Gasteiger partial charge is 0.451 e. The van der Waals surface area contributed by atoms with Crippen LogP contribution >= 0.6 is 34.8 Å². The zero-order valence-corrected chi connectivity index (χ0v) is 8.45. The second kappa shape index (κ2) is 3.67. The van der Waals surface area contributed by atoms with E-state index in [1.165, 1.54) is 0 Å². The first kappa shape index (κ1) is 11.7. The Bertz CT molecular complexity index is 306. The molecule has 1 aromatic rings. The molecule has 0 bridgehead atoms. The summed E-state index contributed by atoms with van der Waals surface area (Å²) in [7, 11) is 0. The van der Waals surface area contributed by atoms with Crippen LogP contribution in [0.1, 0.15) is 11.6 Å². The molecule has 0 amide bonds. The van der Waals surface area contributed by atoms with E-state index in [-0.39, 0.29) is 0 Å². The minimum Gasteiger partial charge on any atom is -0.217 e. The van der Waals surface area contributed by atoms with Crippen molar-refractivity contribution in [2.45, 2.75) is 9.97 Å². The van der Waals surface area contributed by atoms with E-state index in [0.717, 1.165) is 0 Å². The summed E-state index contributed by atoms with van der Waals surface area (Å²) in [5.41, 5.74) is 0. The van der Waals surface area contributed by atoms with Crippen LogP contribution in [0, 0.1) is 0 Å². The Balaban J connectivity index is 3.15. The smallest absolute Gasteiger partial charge is 0.217 e. The molecule has 0 fully saturated rings. The normalized spacial score (nSPS) is 13.0. The molecular formula is C5HCl3F3N3. The van der Waals surface area contributed by atoms with Crippen LogP contribution < -0.4 is 0 Å². The zero-order valence-electron chi connectivity index (χ0n) is 6.19. The van der Waals surface area contributed by atoms with Crippen molar-refractivity contribution < 1.29 is 13.2 Å². The molecule has 0 atom stereocenters. The van der Waals surface area contributed by atoms with Crippen molar-refractivity contribution in [2.24, 2.45) is 0 Å². The summed E-state index contributed by atoms with van der Waals surface area (Å²) in [5, 5.41) is 0. The fourth-order valence-electron chi connectivity index (χ4n) is 0.569. The van der Waals surface area contributed by atoms with Crippen molar-refractivity contribution in [3.8, 4) is 0 Å². The van der Waals surface area contributed by atoms with Gasteiger partial charge in [0.05, 0.1) is 0 Å². The van der Waals surface area contributed by atoms with Gasteiger partial charge in [-0.3, -0.25) is 0 Å². The number of rotatable bonds is 0. The van der Waals surface area contributed by atoms with Gasteiger partial charge in [0, 0.05) is 0 Å². The average molecular weight is 266 g/mol. The van der Waals surface area contributed by atoms with Gasteiger partial charge in [-0.05, 0) is 0 Å². The lowest BCUT2D eigenvalue weighted by Crippen LogP contribution is -2.16. The Labute approximate surface area is 91.2 Å². The van der Waals surface area contributed by atoms with Gasteiger partial charge in [0.2, 0.25) is 9.62 Å². The Hall–Kier alpha value is -0.330. The van der Waals surface area contributed by atoms with Crippen LogP contribution in [0.15, 0.2) is 6.33 Å². The van der Waals surface area contributed by atoms with E-state index in [2.05, 4.69) is 15.0 Å². The highest BCUT2D eigenvalue weighted by molar-refractivity contribution is 6.66. The van der Waals surface area contributed by atoms with Crippen LogP contribution in [-0.2, 0) is 9.97 Å². The number of aromatic nitrogens is 3. The SMILES string of the molecule is FC(F)(F)c1ncnc(C(Cl)(Cl)Cl)n1. The lowest BCUT2D eigenvalue weighted by atomic mass is 10.5. The number of hydrogen-bond donors (Lipinski definition) is 0. The molecule has 1 aromatic heterocycles. The number of halogens is 6. The highest BCUT2D eigenvalue weighted by Gasteiger charge is 2.37. The molecule has 0 aromatic carbocycles. The molecule has 0 radical (unpaired) electrons. The molecule has 0 aliphatic carbocycles. The molecule has 0 saturated carbocycles. The van der Waals surface area contributed by atoms with Crippen molar-refractivity contribution in [3.63, 3.8) is 0 Å². The molecule has 78 valence electrons. The van der Waals surface area contributed by atoms with E-state index in [4.69, 9.17) is 34.8 Å². The molecule has 0 aliphatic rings. The topological polar surface area (TPSA) is 38.7 Å². The van der Waals surface area contributed by atoms with Crippen molar-refractivity contribution in [1.29, 1.82) is 0 Å². The molecule has 0 N–H and O–H groups in total. The van der Waals surface area contributed by atoms with Crippen LogP contribution in [0.3, 0.4) is 0 Å². The Morgan fingerprint density at radius 2 is 1.50 bits per heavy atom. The number of hydrogen-bond acceptors (Lipinski definition) is 3. The van der Waals surface area contributed by atoms with E-state index in [1.54, 1.807) is 0 Å². The molecule has 0 unspecified atom stereocenters. The van der Waals surface area contributed by atoms with Crippen molar-refractivity contribution in [3.05, 3.63) is 18.0 Å². The number of nitrogens with zero attached hydrogens (tertiary/aromatic N) is 3. The van der Waals surface area contributed by atoms with Gasteiger partial charge >= 0.3 is 6.18 Å². The van der Waals surface area contributed by atoms with Gasteiger partial charge in [-0.25, -0.2) is 15.0 Å². The summed E-state index contributed by atoms with van der Waals surface area (Å²) in [6.45, 7) is 0. The van der Waals surface area contributed by atoms with E-state index in [0.29, 0.717) is 6.33 Å². The van der Waals surface area contributed by atoms with E-state index in [9.17, 15) is 13.2 Å². The van der Waals surface area contributed by atoms with Crippen LogP contribution in [-0.4, -0.2) is 15.0 Å². The summed E-state index contributed by atoms with van der Waals surface area (Å²) in [4.78, 5) is 9.18.